The summed E-state index contributed by atoms with van der Waals surface area (Å²) in [4.78, 5) is 11.6. The number of ether oxygens (including phenoxy) is 1. The van der Waals surface area contributed by atoms with Crippen LogP contribution < -0.4 is 15.4 Å². The third-order valence-electron chi connectivity index (χ3n) is 2.38. The molecule has 1 amide bonds. The van der Waals surface area contributed by atoms with Crippen molar-refractivity contribution in [3.05, 3.63) is 29.8 Å². The second kappa shape index (κ2) is 6.91. The lowest BCUT2D eigenvalue weighted by molar-refractivity contribution is -0.127. The highest BCUT2D eigenvalue weighted by Gasteiger charge is 2.13. The third-order valence-corrected chi connectivity index (χ3v) is 2.38. The van der Waals surface area contributed by atoms with Crippen LogP contribution in [0.4, 0.5) is 0 Å². The Labute approximate surface area is 102 Å². The highest BCUT2D eigenvalue weighted by atomic mass is 16.5. The smallest absolute Gasteiger partial charge is 0.260 e. The predicted octanol–water partition coefficient (Wildman–Crippen LogP) is 1.10. The van der Waals surface area contributed by atoms with Gasteiger partial charge in [-0.3, -0.25) is 4.79 Å². The Morgan fingerprint density at radius 3 is 2.53 bits per heavy atom. The van der Waals surface area contributed by atoms with Crippen LogP contribution in [0.1, 0.15) is 12.5 Å². The molecule has 0 saturated carbocycles. The number of amides is 1. The molecule has 0 aliphatic carbocycles. The van der Waals surface area contributed by atoms with Crippen LogP contribution in [-0.2, 0) is 4.79 Å². The third kappa shape index (κ3) is 4.87. The van der Waals surface area contributed by atoms with Crippen LogP contribution in [0.2, 0.25) is 0 Å². The molecule has 0 spiro atoms. The van der Waals surface area contributed by atoms with Crippen LogP contribution in [0.3, 0.4) is 0 Å². The largest absolute Gasteiger partial charge is 0.481 e. The molecule has 0 saturated heterocycles. The summed E-state index contributed by atoms with van der Waals surface area (Å²) in [5, 5.41) is 5.75. The van der Waals surface area contributed by atoms with Gasteiger partial charge in [0.15, 0.2) is 6.10 Å². The van der Waals surface area contributed by atoms with E-state index >= 15 is 0 Å². The molecule has 1 aromatic carbocycles. The number of hydrogen-bond donors (Lipinski definition) is 2. The van der Waals surface area contributed by atoms with E-state index in [2.05, 4.69) is 10.6 Å². The summed E-state index contributed by atoms with van der Waals surface area (Å²) in [5.74, 6) is 0.618. The summed E-state index contributed by atoms with van der Waals surface area (Å²) in [7, 11) is 1.85. The van der Waals surface area contributed by atoms with Crippen LogP contribution in [0.15, 0.2) is 24.3 Å². The van der Waals surface area contributed by atoms with Crippen molar-refractivity contribution in [2.45, 2.75) is 20.0 Å². The lowest BCUT2D eigenvalue weighted by Gasteiger charge is -2.14. The zero-order valence-corrected chi connectivity index (χ0v) is 10.6. The Morgan fingerprint density at radius 1 is 1.29 bits per heavy atom. The van der Waals surface area contributed by atoms with Gasteiger partial charge in [0.1, 0.15) is 5.75 Å². The number of carbonyl (C=O) groups excluding carboxylic acids is 1. The van der Waals surface area contributed by atoms with Crippen molar-refractivity contribution in [2.75, 3.05) is 20.1 Å². The fraction of sp³-hybridized carbons (Fsp3) is 0.462. The molecule has 17 heavy (non-hydrogen) atoms. The van der Waals surface area contributed by atoms with Crippen LogP contribution in [0.25, 0.3) is 0 Å². The molecule has 0 radical (unpaired) electrons. The van der Waals surface area contributed by atoms with Gasteiger partial charge in [-0.1, -0.05) is 17.7 Å². The maximum absolute atomic E-state index is 11.6. The molecule has 0 heterocycles. The predicted molar refractivity (Wildman–Crippen MR) is 68.2 cm³/mol. The minimum Gasteiger partial charge on any atom is -0.481 e. The number of nitrogens with one attached hydrogen (secondary N) is 2. The molecule has 4 heteroatoms. The van der Waals surface area contributed by atoms with E-state index in [1.54, 1.807) is 6.92 Å². The van der Waals surface area contributed by atoms with E-state index in [-0.39, 0.29) is 5.91 Å². The standard InChI is InChI=1S/C13H20N2O2/c1-10-4-6-12(7-5-10)17-11(2)13(16)15-9-8-14-3/h4-7,11,14H,8-9H2,1-3H3,(H,15,16). The Bertz CT molecular complexity index is 349. The first-order valence-corrected chi connectivity index (χ1v) is 5.79. The van der Waals surface area contributed by atoms with Gasteiger partial charge in [0.05, 0.1) is 0 Å². The van der Waals surface area contributed by atoms with E-state index in [9.17, 15) is 4.79 Å². The number of likely N-dealkylation sites (N-methyl/N-ethyl adjacent to an activating group) is 1. The molecule has 0 fully saturated rings. The summed E-state index contributed by atoms with van der Waals surface area (Å²) >= 11 is 0. The average molecular weight is 236 g/mol. The highest BCUT2D eigenvalue weighted by Crippen LogP contribution is 2.13. The SMILES string of the molecule is CNCCNC(=O)C(C)Oc1ccc(C)cc1. The van der Waals surface area contributed by atoms with Crippen LogP contribution in [-0.4, -0.2) is 32.1 Å². The van der Waals surface area contributed by atoms with Gasteiger partial charge in [-0.25, -0.2) is 0 Å². The van der Waals surface area contributed by atoms with E-state index in [0.29, 0.717) is 12.3 Å². The van der Waals surface area contributed by atoms with Crippen molar-refractivity contribution in [3.8, 4) is 5.75 Å². The van der Waals surface area contributed by atoms with Gasteiger partial charge >= 0.3 is 0 Å². The average Bonchev–Trinajstić information content (AvgIpc) is 2.32. The van der Waals surface area contributed by atoms with Gasteiger partial charge < -0.3 is 15.4 Å². The molecule has 0 bridgehead atoms. The molecule has 1 aromatic rings. The lowest BCUT2D eigenvalue weighted by Crippen LogP contribution is -2.39. The summed E-state index contributed by atoms with van der Waals surface area (Å²) in [6.45, 7) is 5.12. The zero-order valence-electron chi connectivity index (χ0n) is 10.6. The molecule has 4 nitrogen and oxygen atoms in total. The fourth-order valence-corrected chi connectivity index (χ4v) is 1.33. The van der Waals surface area contributed by atoms with Gasteiger partial charge in [-0.2, -0.15) is 0 Å². The first-order valence-electron chi connectivity index (χ1n) is 5.79. The summed E-state index contributed by atoms with van der Waals surface area (Å²) in [5.41, 5.74) is 1.17. The van der Waals surface area contributed by atoms with Crippen molar-refractivity contribution >= 4 is 5.91 Å². The molecular formula is C13H20N2O2. The number of rotatable bonds is 6. The van der Waals surface area contributed by atoms with Crippen LogP contribution in [0.5, 0.6) is 5.75 Å². The number of benzene rings is 1. The Balaban J connectivity index is 2.40. The van der Waals surface area contributed by atoms with Crippen molar-refractivity contribution < 1.29 is 9.53 Å². The van der Waals surface area contributed by atoms with E-state index in [0.717, 1.165) is 6.54 Å². The van der Waals surface area contributed by atoms with E-state index in [4.69, 9.17) is 4.74 Å². The second-order valence-corrected chi connectivity index (χ2v) is 3.97. The van der Waals surface area contributed by atoms with Crippen LogP contribution in [0, 0.1) is 6.92 Å². The molecule has 0 aliphatic heterocycles. The minimum absolute atomic E-state index is 0.0965. The van der Waals surface area contributed by atoms with E-state index in [1.807, 2.05) is 38.2 Å². The normalized spacial score (nSPS) is 11.9. The van der Waals surface area contributed by atoms with Gasteiger partial charge in [0.25, 0.3) is 5.91 Å². The Morgan fingerprint density at radius 2 is 1.94 bits per heavy atom. The van der Waals surface area contributed by atoms with E-state index in [1.165, 1.54) is 5.56 Å². The monoisotopic (exact) mass is 236 g/mol. The molecule has 2 N–H and O–H groups in total. The number of carbonyl (C=O) groups is 1. The number of aryl methyl sites for hydroxylation is 1. The molecule has 94 valence electrons. The molecule has 1 rings (SSSR count). The van der Waals surface area contributed by atoms with Crippen molar-refractivity contribution in [3.63, 3.8) is 0 Å². The van der Waals surface area contributed by atoms with E-state index < -0.39 is 6.10 Å². The highest BCUT2D eigenvalue weighted by molar-refractivity contribution is 5.80. The molecular weight excluding hydrogens is 216 g/mol. The van der Waals surface area contributed by atoms with Gasteiger partial charge in [0.2, 0.25) is 0 Å². The maximum Gasteiger partial charge on any atom is 0.260 e. The summed E-state index contributed by atoms with van der Waals surface area (Å²) in [6.07, 6.45) is -0.477. The lowest BCUT2D eigenvalue weighted by atomic mass is 10.2. The summed E-state index contributed by atoms with van der Waals surface area (Å²) < 4.78 is 5.53. The molecule has 1 unspecified atom stereocenters. The molecule has 0 aromatic heterocycles. The fourth-order valence-electron chi connectivity index (χ4n) is 1.33. The number of hydrogen-bond acceptors (Lipinski definition) is 3. The van der Waals surface area contributed by atoms with Crippen molar-refractivity contribution in [1.82, 2.24) is 10.6 Å². The first-order chi connectivity index (χ1) is 8.13. The van der Waals surface area contributed by atoms with Crippen LogP contribution >= 0.6 is 0 Å². The second-order valence-electron chi connectivity index (χ2n) is 3.97. The Hall–Kier alpha value is -1.55. The maximum atomic E-state index is 11.6. The van der Waals surface area contributed by atoms with Gasteiger partial charge in [-0.05, 0) is 33.0 Å². The van der Waals surface area contributed by atoms with Crippen molar-refractivity contribution in [2.24, 2.45) is 0 Å². The Kier molecular flexibility index (Phi) is 5.49. The molecule has 0 aliphatic rings. The topological polar surface area (TPSA) is 50.4 Å². The minimum atomic E-state index is -0.477. The quantitative estimate of drug-likeness (QED) is 0.727. The van der Waals surface area contributed by atoms with Crippen molar-refractivity contribution in [1.29, 1.82) is 0 Å². The summed E-state index contributed by atoms with van der Waals surface area (Å²) in [6, 6.07) is 7.65. The molecule has 1 atom stereocenters. The van der Waals surface area contributed by atoms with Gasteiger partial charge in [-0.15, -0.1) is 0 Å². The van der Waals surface area contributed by atoms with Gasteiger partial charge in [0, 0.05) is 13.1 Å². The zero-order chi connectivity index (χ0) is 12.7. The first kappa shape index (κ1) is 13.5.